The highest BCUT2D eigenvalue weighted by Crippen LogP contribution is 2.52. The summed E-state index contributed by atoms with van der Waals surface area (Å²) in [6.45, 7) is 4.67. The topological polar surface area (TPSA) is 67.9 Å². The molecule has 1 spiro atoms. The van der Waals surface area contributed by atoms with Crippen molar-refractivity contribution in [1.29, 1.82) is 0 Å². The van der Waals surface area contributed by atoms with Gasteiger partial charge in [-0.05, 0) is 47.9 Å². The van der Waals surface area contributed by atoms with E-state index in [-0.39, 0.29) is 17.9 Å². The Bertz CT molecular complexity index is 1040. The van der Waals surface area contributed by atoms with Gasteiger partial charge in [-0.25, -0.2) is 0 Å². The molecule has 2 aromatic rings. The third-order valence-corrected chi connectivity index (χ3v) is 6.63. The van der Waals surface area contributed by atoms with Crippen LogP contribution in [0.2, 0.25) is 0 Å². The zero-order valence-corrected chi connectivity index (χ0v) is 17.9. The second-order valence-corrected chi connectivity index (χ2v) is 8.79. The minimum absolute atomic E-state index is 0.0766. The van der Waals surface area contributed by atoms with E-state index in [1.807, 2.05) is 60.7 Å². The number of nitrogens with zero attached hydrogens (tertiary/aromatic N) is 1. The lowest BCUT2D eigenvalue weighted by molar-refractivity contribution is -0.128. The molecule has 1 N–H and O–H groups in total. The van der Waals surface area contributed by atoms with E-state index in [0.717, 1.165) is 17.1 Å². The van der Waals surface area contributed by atoms with Gasteiger partial charge < -0.3 is 19.7 Å². The second-order valence-electron chi connectivity index (χ2n) is 8.79. The van der Waals surface area contributed by atoms with Gasteiger partial charge in [0.1, 0.15) is 11.4 Å². The van der Waals surface area contributed by atoms with Crippen molar-refractivity contribution in [3.63, 3.8) is 0 Å². The Hall–Kier alpha value is -3.12. The van der Waals surface area contributed by atoms with Crippen LogP contribution in [0.4, 0.5) is 11.4 Å². The molecule has 3 heterocycles. The first-order valence-corrected chi connectivity index (χ1v) is 10.7. The number of methoxy groups -OCH3 is 1. The van der Waals surface area contributed by atoms with E-state index in [4.69, 9.17) is 9.47 Å². The predicted molar refractivity (Wildman–Crippen MR) is 118 cm³/mol. The Morgan fingerprint density at radius 2 is 1.87 bits per heavy atom. The molecule has 3 aliphatic heterocycles. The van der Waals surface area contributed by atoms with Gasteiger partial charge in [-0.15, -0.1) is 0 Å². The fourth-order valence-electron chi connectivity index (χ4n) is 4.96. The fourth-order valence-corrected chi connectivity index (χ4v) is 4.96. The quantitative estimate of drug-likeness (QED) is 0.751. The lowest BCUT2D eigenvalue weighted by Gasteiger charge is -2.23. The Morgan fingerprint density at radius 1 is 1.16 bits per heavy atom. The SMILES string of the molecule is COc1ccc(N2C[C@]34C=CC(O3)C(C(=O)Nc3ccc(C(C)C)cc3)C4C2=O)cc1. The molecule has 31 heavy (non-hydrogen) atoms. The number of rotatable bonds is 5. The van der Waals surface area contributed by atoms with Gasteiger partial charge in [0, 0.05) is 11.4 Å². The summed E-state index contributed by atoms with van der Waals surface area (Å²) in [5.41, 5.74) is 1.97. The molecule has 0 aromatic heterocycles. The van der Waals surface area contributed by atoms with Crippen LogP contribution in [0.25, 0.3) is 0 Å². The van der Waals surface area contributed by atoms with Crippen molar-refractivity contribution in [3.8, 4) is 5.75 Å². The van der Waals surface area contributed by atoms with Crippen LogP contribution in [0.1, 0.15) is 25.3 Å². The van der Waals surface area contributed by atoms with Crippen LogP contribution in [0.5, 0.6) is 5.75 Å². The molecular formula is C25H26N2O4. The molecule has 2 amide bonds. The molecule has 3 unspecified atom stereocenters. The summed E-state index contributed by atoms with van der Waals surface area (Å²) in [7, 11) is 1.61. The average molecular weight is 418 g/mol. The highest BCUT2D eigenvalue weighted by atomic mass is 16.5. The fraction of sp³-hybridized carbons (Fsp3) is 0.360. The number of carbonyl (C=O) groups excluding carboxylic acids is 2. The maximum Gasteiger partial charge on any atom is 0.234 e. The molecule has 2 bridgehead atoms. The average Bonchev–Trinajstić information content (AvgIpc) is 3.42. The number of fused-ring (bicyclic) bond motifs is 1. The Balaban J connectivity index is 1.38. The molecule has 2 saturated heterocycles. The van der Waals surface area contributed by atoms with Crippen LogP contribution in [-0.2, 0) is 14.3 Å². The molecule has 6 nitrogen and oxygen atoms in total. The summed E-state index contributed by atoms with van der Waals surface area (Å²) in [6.07, 6.45) is 3.51. The van der Waals surface area contributed by atoms with Crippen LogP contribution >= 0.6 is 0 Å². The van der Waals surface area contributed by atoms with E-state index >= 15 is 0 Å². The molecule has 4 atom stereocenters. The molecule has 3 aliphatic rings. The first-order chi connectivity index (χ1) is 14.9. The molecular weight excluding hydrogens is 392 g/mol. The number of amides is 2. The Labute approximate surface area is 181 Å². The van der Waals surface area contributed by atoms with Crippen LogP contribution in [0, 0.1) is 11.8 Å². The largest absolute Gasteiger partial charge is 0.497 e. The predicted octanol–water partition coefficient (Wildman–Crippen LogP) is 3.74. The maximum atomic E-state index is 13.4. The van der Waals surface area contributed by atoms with Crippen molar-refractivity contribution in [2.75, 3.05) is 23.9 Å². The Morgan fingerprint density at radius 3 is 2.52 bits per heavy atom. The molecule has 2 fully saturated rings. The zero-order valence-electron chi connectivity index (χ0n) is 17.9. The highest BCUT2D eigenvalue weighted by Gasteiger charge is 2.67. The number of hydrogen-bond acceptors (Lipinski definition) is 4. The third-order valence-electron chi connectivity index (χ3n) is 6.63. The molecule has 6 heteroatoms. The van der Waals surface area contributed by atoms with Gasteiger partial charge in [0.25, 0.3) is 0 Å². The van der Waals surface area contributed by atoms with Gasteiger partial charge in [-0.3, -0.25) is 9.59 Å². The van der Waals surface area contributed by atoms with Gasteiger partial charge in [0.15, 0.2) is 0 Å². The van der Waals surface area contributed by atoms with Crippen molar-refractivity contribution in [3.05, 3.63) is 66.2 Å². The summed E-state index contributed by atoms with van der Waals surface area (Å²) in [5, 5.41) is 2.99. The summed E-state index contributed by atoms with van der Waals surface area (Å²) < 4.78 is 11.4. The van der Waals surface area contributed by atoms with Crippen LogP contribution in [-0.4, -0.2) is 37.2 Å². The minimum Gasteiger partial charge on any atom is -0.497 e. The number of ether oxygens (including phenoxy) is 2. The smallest absolute Gasteiger partial charge is 0.234 e. The van der Waals surface area contributed by atoms with Crippen LogP contribution < -0.4 is 15.0 Å². The summed E-state index contributed by atoms with van der Waals surface area (Å²) >= 11 is 0. The molecule has 0 aliphatic carbocycles. The summed E-state index contributed by atoms with van der Waals surface area (Å²) in [6, 6.07) is 15.2. The lowest BCUT2D eigenvalue weighted by atomic mass is 9.76. The van der Waals surface area contributed by atoms with E-state index in [1.54, 1.807) is 12.0 Å². The van der Waals surface area contributed by atoms with Crippen molar-refractivity contribution in [2.45, 2.75) is 31.5 Å². The summed E-state index contributed by atoms with van der Waals surface area (Å²) in [4.78, 5) is 28.4. The van der Waals surface area contributed by atoms with E-state index in [2.05, 4.69) is 19.2 Å². The molecule has 5 rings (SSSR count). The Kier molecular flexibility index (Phi) is 4.63. The number of hydrogen-bond donors (Lipinski definition) is 1. The van der Waals surface area contributed by atoms with E-state index in [1.165, 1.54) is 5.56 Å². The first kappa shape index (κ1) is 19.8. The third kappa shape index (κ3) is 3.13. The minimum atomic E-state index is -0.745. The molecule has 160 valence electrons. The van der Waals surface area contributed by atoms with Gasteiger partial charge >= 0.3 is 0 Å². The van der Waals surface area contributed by atoms with Crippen molar-refractivity contribution >= 4 is 23.2 Å². The molecule has 0 saturated carbocycles. The van der Waals surface area contributed by atoms with Gasteiger partial charge in [-0.1, -0.05) is 38.1 Å². The van der Waals surface area contributed by atoms with Gasteiger partial charge in [-0.2, -0.15) is 0 Å². The van der Waals surface area contributed by atoms with E-state index < -0.39 is 17.4 Å². The normalized spacial score (nSPS) is 28.3. The van der Waals surface area contributed by atoms with Gasteiger partial charge in [0.2, 0.25) is 11.8 Å². The number of nitrogens with one attached hydrogen (secondary N) is 1. The first-order valence-electron chi connectivity index (χ1n) is 10.7. The van der Waals surface area contributed by atoms with Crippen molar-refractivity contribution in [2.24, 2.45) is 11.8 Å². The molecule has 0 radical (unpaired) electrons. The maximum absolute atomic E-state index is 13.4. The lowest BCUT2D eigenvalue weighted by Crippen LogP contribution is -2.41. The van der Waals surface area contributed by atoms with Gasteiger partial charge in [0.05, 0.1) is 31.6 Å². The number of anilines is 2. The second kappa shape index (κ2) is 7.24. The number of carbonyl (C=O) groups is 2. The van der Waals surface area contributed by atoms with Crippen LogP contribution in [0.3, 0.4) is 0 Å². The van der Waals surface area contributed by atoms with E-state index in [0.29, 0.717) is 12.5 Å². The standard InChI is InChI=1S/C25H26N2O4/c1-15(2)16-4-6-17(7-5-16)26-23(28)21-20-12-13-25(31-20)14-27(24(29)22(21)25)18-8-10-19(30-3)11-9-18/h4-13,15,20-22H,14H2,1-3H3,(H,26,28)/t20?,21?,22?,25-/m0/s1. The monoisotopic (exact) mass is 418 g/mol. The summed E-state index contributed by atoms with van der Waals surface area (Å²) in [5.74, 6) is -0.179. The molecule has 2 aromatic carbocycles. The van der Waals surface area contributed by atoms with E-state index in [9.17, 15) is 9.59 Å². The van der Waals surface area contributed by atoms with Crippen LogP contribution in [0.15, 0.2) is 60.7 Å². The highest BCUT2D eigenvalue weighted by molar-refractivity contribution is 6.05. The van der Waals surface area contributed by atoms with Crippen molar-refractivity contribution < 1.29 is 19.1 Å². The zero-order chi connectivity index (χ0) is 21.8. The number of benzene rings is 2. The van der Waals surface area contributed by atoms with Crippen molar-refractivity contribution in [1.82, 2.24) is 0 Å².